The monoisotopic (exact) mass is 255 g/mol. The summed E-state index contributed by atoms with van der Waals surface area (Å²) < 4.78 is 24.3. The first-order valence-electron chi connectivity index (χ1n) is 5.92. The number of nitrogens with two attached hydrogens (primary N) is 1. The molecule has 0 saturated heterocycles. The predicted octanol–water partition coefficient (Wildman–Crippen LogP) is 2.14. The molecule has 0 aliphatic rings. The Hall–Kier alpha value is -0.870. The maximum absolute atomic E-state index is 12.1. The number of rotatable bonds is 5. The van der Waals surface area contributed by atoms with E-state index >= 15 is 0 Å². The highest BCUT2D eigenvalue weighted by Gasteiger charge is 2.21. The van der Waals surface area contributed by atoms with Gasteiger partial charge in [0, 0.05) is 6.04 Å². The summed E-state index contributed by atoms with van der Waals surface area (Å²) in [5.41, 5.74) is 6.86. The second-order valence-electron chi connectivity index (χ2n) is 4.65. The van der Waals surface area contributed by atoms with Crippen LogP contribution in [0.4, 0.5) is 0 Å². The number of hydrogen-bond acceptors (Lipinski definition) is 3. The summed E-state index contributed by atoms with van der Waals surface area (Å²) in [6.45, 7) is 5.88. The summed E-state index contributed by atoms with van der Waals surface area (Å²) in [7, 11) is -3.26. The van der Waals surface area contributed by atoms with E-state index in [9.17, 15) is 8.42 Å². The molecule has 0 fully saturated rings. The summed E-state index contributed by atoms with van der Waals surface area (Å²) in [4.78, 5) is 0.372. The van der Waals surface area contributed by atoms with Crippen molar-refractivity contribution in [3.8, 4) is 0 Å². The van der Waals surface area contributed by atoms with E-state index in [1.165, 1.54) is 0 Å². The molecule has 0 amide bonds. The van der Waals surface area contributed by atoms with Gasteiger partial charge in [0.15, 0.2) is 9.84 Å². The van der Waals surface area contributed by atoms with Crippen LogP contribution in [0.15, 0.2) is 29.2 Å². The van der Waals surface area contributed by atoms with Gasteiger partial charge in [0.05, 0.1) is 10.6 Å². The van der Waals surface area contributed by atoms with E-state index < -0.39 is 9.84 Å². The van der Waals surface area contributed by atoms with E-state index in [0.29, 0.717) is 4.90 Å². The fourth-order valence-corrected chi connectivity index (χ4v) is 3.30. The summed E-state index contributed by atoms with van der Waals surface area (Å²) in [6, 6.07) is 6.67. The van der Waals surface area contributed by atoms with Crippen molar-refractivity contribution >= 4 is 9.84 Å². The van der Waals surface area contributed by atoms with Crippen LogP contribution in [-0.2, 0) is 9.84 Å². The molecule has 2 atom stereocenters. The summed E-state index contributed by atoms with van der Waals surface area (Å²) in [5, 5.41) is 0. The molecule has 0 spiro atoms. The van der Waals surface area contributed by atoms with Crippen molar-refractivity contribution in [3.63, 3.8) is 0 Å². The fraction of sp³-hybridized carbons (Fsp3) is 0.538. The molecule has 1 rings (SSSR count). The summed E-state index contributed by atoms with van der Waals surface area (Å²) in [6.07, 6.45) is 0.893. The van der Waals surface area contributed by atoms with E-state index in [2.05, 4.69) is 0 Å². The third kappa shape index (κ3) is 3.82. The van der Waals surface area contributed by atoms with Gasteiger partial charge in [0.25, 0.3) is 0 Å². The molecule has 3 nitrogen and oxygen atoms in total. The van der Waals surface area contributed by atoms with Crippen LogP contribution in [0.25, 0.3) is 0 Å². The molecule has 0 radical (unpaired) electrons. The maximum atomic E-state index is 12.1. The molecule has 2 unspecified atom stereocenters. The van der Waals surface area contributed by atoms with Gasteiger partial charge in [-0.3, -0.25) is 0 Å². The van der Waals surface area contributed by atoms with Gasteiger partial charge in [0.2, 0.25) is 0 Å². The molecular formula is C13H21NO2S. The molecule has 96 valence electrons. The van der Waals surface area contributed by atoms with Gasteiger partial charge in [0.1, 0.15) is 0 Å². The van der Waals surface area contributed by atoms with Crippen molar-refractivity contribution in [2.45, 2.75) is 38.1 Å². The molecule has 0 bridgehead atoms. The molecular weight excluding hydrogens is 234 g/mol. The van der Waals surface area contributed by atoms with E-state index in [4.69, 9.17) is 5.73 Å². The first kappa shape index (κ1) is 14.2. The fourth-order valence-electron chi connectivity index (χ4n) is 1.63. The van der Waals surface area contributed by atoms with Crippen LogP contribution in [-0.4, -0.2) is 20.2 Å². The van der Waals surface area contributed by atoms with Crippen molar-refractivity contribution in [2.24, 2.45) is 11.7 Å². The lowest BCUT2D eigenvalue weighted by Gasteiger charge is -2.18. The Morgan fingerprint density at radius 1 is 1.35 bits per heavy atom. The second-order valence-corrected chi connectivity index (χ2v) is 6.68. The molecule has 4 heteroatoms. The number of benzene rings is 1. The number of hydrogen-bond donors (Lipinski definition) is 1. The highest BCUT2D eigenvalue weighted by Crippen LogP contribution is 2.16. The van der Waals surface area contributed by atoms with E-state index in [1.807, 2.05) is 26.8 Å². The lowest BCUT2D eigenvalue weighted by atomic mass is 10.0. The first-order valence-corrected chi connectivity index (χ1v) is 7.57. The Bertz CT molecular complexity index is 468. The van der Waals surface area contributed by atoms with E-state index in [1.54, 1.807) is 18.2 Å². The molecule has 17 heavy (non-hydrogen) atoms. The van der Waals surface area contributed by atoms with E-state index in [-0.39, 0.29) is 17.7 Å². The van der Waals surface area contributed by atoms with Crippen LogP contribution in [0.3, 0.4) is 0 Å². The normalized spacial score (nSPS) is 15.5. The Morgan fingerprint density at radius 3 is 2.53 bits per heavy atom. The van der Waals surface area contributed by atoms with Crippen molar-refractivity contribution in [1.29, 1.82) is 0 Å². The average Bonchev–Trinajstić information content (AvgIpc) is 2.27. The number of sulfone groups is 1. The molecule has 0 saturated carbocycles. The lowest BCUT2D eigenvalue weighted by molar-refractivity contribution is 0.466. The lowest BCUT2D eigenvalue weighted by Crippen LogP contribution is -2.35. The SMILES string of the molecule is CCC(C)C(N)CS(=O)(=O)c1cccc(C)c1. The van der Waals surface area contributed by atoms with Crippen LogP contribution in [0.1, 0.15) is 25.8 Å². The third-order valence-corrected chi connectivity index (χ3v) is 4.93. The van der Waals surface area contributed by atoms with Crippen LogP contribution in [0.5, 0.6) is 0 Å². The summed E-state index contributed by atoms with van der Waals surface area (Å²) >= 11 is 0. The smallest absolute Gasteiger partial charge is 0.179 e. The van der Waals surface area contributed by atoms with Crippen molar-refractivity contribution in [2.75, 3.05) is 5.75 Å². The van der Waals surface area contributed by atoms with Gasteiger partial charge in [-0.25, -0.2) is 8.42 Å². The van der Waals surface area contributed by atoms with Crippen LogP contribution in [0, 0.1) is 12.8 Å². The molecule has 0 aromatic heterocycles. The maximum Gasteiger partial charge on any atom is 0.179 e. The zero-order chi connectivity index (χ0) is 13.1. The zero-order valence-electron chi connectivity index (χ0n) is 10.7. The van der Waals surface area contributed by atoms with Crippen LogP contribution in [0.2, 0.25) is 0 Å². The van der Waals surface area contributed by atoms with Gasteiger partial charge < -0.3 is 5.73 Å². The topological polar surface area (TPSA) is 60.2 Å². The van der Waals surface area contributed by atoms with Gasteiger partial charge in [-0.05, 0) is 30.5 Å². The third-order valence-electron chi connectivity index (χ3n) is 3.14. The predicted molar refractivity (Wildman–Crippen MR) is 70.7 cm³/mol. The average molecular weight is 255 g/mol. The Kier molecular flexibility index (Phi) is 4.71. The van der Waals surface area contributed by atoms with E-state index in [0.717, 1.165) is 12.0 Å². The van der Waals surface area contributed by atoms with Crippen LogP contribution < -0.4 is 5.73 Å². The van der Waals surface area contributed by atoms with Crippen molar-refractivity contribution < 1.29 is 8.42 Å². The van der Waals surface area contributed by atoms with Crippen LogP contribution >= 0.6 is 0 Å². The van der Waals surface area contributed by atoms with Crippen molar-refractivity contribution in [1.82, 2.24) is 0 Å². The minimum absolute atomic E-state index is 0.0193. The number of aryl methyl sites for hydroxylation is 1. The standard InChI is InChI=1S/C13H21NO2S/c1-4-11(3)13(14)9-17(15,16)12-7-5-6-10(2)8-12/h5-8,11,13H,4,9,14H2,1-3H3. The van der Waals surface area contributed by atoms with Gasteiger partial charge in [-0.15, -0.1) is 0 Å². The van der Waals surface area contributed by atoms with Gasteiger partial charge in [-0.1, -0.05) is 32.4 Å². The Morgan fingerprint density at radius 2 is 2.00 bits per heavy atom. The largest absolute Gasteiger partial charge is 0.327 e. The first-order chi connectivity index (χ1) is 7.86. The second kappa shape index (κ2) is 5.65. The van der Waals surface area contributed by atoms with Gasteiger partial charge in [-0.2, -0.15) is 0 Å². The quantitative estimate of drug-likeness (QED) is 0.877. The Labute approximate surface area is 104 Å². The Balaban J connectivity index is 2.89. The highest BCUT2D eigenvalue weighted by molar-refractivity contribution is 7.91. The molecule has 2 N–H and O–H groups in total. The van der Waals surface area contributed by atoms with Gasteiger partial charge >= 0.3 is 0 Å². The molecule has 1 aromatic carbocycles. The molecule has 0 heterocycles. The highest BCUT2D eigenvalue weighted by atomic mass is 32.2. The molecule has 0 aliphatic carbocycles. The minimum Gasteiger partial charge on any atom is -0.327 e. The zero-order valence-corrected chi connectivity index (χ0v) is 11.5. The minimum atomic E-state index is -3.26. The summed E-state index contributed by atoms with van der Waals surface area (Å²) in [5.74, 6) is 0.237. The molecule has 1 aromatic rings. The van der Waals surface area contributed by atoms with Crippen molar-refractivity contribution in [3.05, 3.63) is 29.8 Å². The molecule has 0 aliphatic heterocycles.